The van der Waals surface area contributed by atoms with Crippen LogP contribution in [0.25, 0.3) is 0 Å². The molecule has 0 atom stereocenters. The molecule has 6 nitrogen and oxygen atoms in total. The number of benzene rings is 2. The molecule has 1 saturated heterocycles. The van der Waals surface area contributed by atoms with Crippen molar-refractivity contribution in [3.05, 3.63) is 60.8 Å². The number of hydrogen-bond acceptors (Lipinski definition) is 6. The van der Waals surface area contributed by atoms with Gasteiger partial charge in [0.15, 0.2) is 0 Å². The molecule has 150 valence electrons. The molecular weight excluding hydrogens is 360 g/mol. The lowest BCUT2D eigenvalue weighted by atomic mass is 10.1. The zero-order valence-corrected chi connectivity index (χ0v) is 17.1. The number of nitrogens with zero attached hydrogens (tertiary/aromatic N) is 4. The zero-order valence-electron chi connectivity index (χ0n) is 17.1. The molecule has 2 heterocycles. The first-order valence-electron chi connectivity index (χ1n) is 10.2. The standard InChI is InChI=1S/C23H28N6/c1-28(2)20-10-6-18(7-11-20)25-22-14-15-24-23(27-22)26-19-8-12-21(13-9-19)29-16-4-3-5-17-29/h6-15H,3-5,16-17H2,1-2H3,(H2,24,25,26,27). The summed E-state index contributed by atoms with van der Waals surface area (Å²) in [5.41, 5.74) is 4.42. The second kappa shape index (κ2) is 8.82. The Morgan fingerprint density at radius 2 is 1.45 bits per heavy atom. The smallest absolute Gasteiger partial charge is 0.229 e. The molecule has 1 aliphatic rings. The van der Waals surface area contributed by atoms with Gasteiger partial charge in [0.1, 0.15) is 5.82 Å². The van der Waals surface area contributed by atoms with E-state index in [4.69, 9.17) is 0 Å². The molecule has 2 N–H and O–H groups in total. The summed E-state index contributed by atoms with van der Waals surface area (Å²) in [4.78, 5) is 13.5. The summed E-state index contributed by atoms with van der Waals surface area (Å²) in [6, 6.07) is 18.6. The van der Waals surface area contributed by atoms with Crippen LogP contribution in [0.15, 0.2) is 60.8 Å². The van der Waals surface area contributed by atoms with Gasteiger partial charge in [-0.25, -0.2) is 4.98 Å². The summed E-state index contributed by atoms with van der Waals surface area (Å²) in [7, 11) is 4.06. The average molecular weight is 389 g/mol. The van der Waals surface area contributed by atoms with Gasteiger partial charge in [0.05, 0.1) is 0 Å². The summed E-state index contributed by atoms with van der Waals surface area (Å²) in [5.74, 6) is 1.33. The maximum Gasteiger partial charge on any atom is 0.229 e. The highest BCUT2D eigenvalue weighted by Gasteiger charge is 2.10. The van der Waals surface area contributed by atoms with Gasteiger partial charge < -0.3 is 20.4 Å². The number of hydrogen-bond donors (Lipinski definition) is 2. The van der Waals surface area contributed by atoms with Crippen molar-refractivity contribution in [2.45, 2.75) is 19.3 Å². The predicted octanol–water partition coefficient (Wildman–Crippen LogP) is 5.02. The van der Waals surface area contributed by atoms with Crippen molar-refractivity contribution in [2.24, 2.45) is 0 Å². The van der Waals surface area contributed by atoms with Gasteiger partial charge in [0.25, 0.3) is 0 Å². The number of anilines is 6. The van der Waals surface area contributed by atoms with E-state index in [0.29, 0.717) is 5.95 Å². The van der Waals surface area contributed by atoms with Crippen molar-refractivity contribution in [3.8, 4) is 0 Å². The minimum Gasteiger partial charge on any atom is -0.378 e. The number of rotatable bonds is 6. The molecule has 29 heavy (non-hydrogen) atoms. The van der Waals surface area contributed by atoms with Gasteiger partial charge in [0, 0.05) is 56.1 Å². The molecule has 1 aromatic heterocycles. The van der Waals surface area contributed by atoms with Crippen LogP contribution in [-0.4, -0.2) is 37.2 Å². The molecule has 4 rings (SSSR count). The molecular formula is C23H28N6. The van der Waals surface area contributed by atoms with Crippen LogP contribution in [0.5, 0.6) is 0 Å². The Balaban J connectivity index is 1.40. The Morgan fingerprint density at radius 1 is 0.793 bits per heavy atom. The Morgan fingerprint density at radius 3 is 2.14 bits per heavy atom. The Bertz CT molecular complexity index is 915. The highest BCUT2D eigenvalue weighted by Crippen LogP contribution is 2.24. The van der Waals surface area contributed by atoms with E-state index in [1.54, 1.807) is 6.20 Å². The first kappa shape index (κ1) is 19.1. The third-order valence-electron chi connectivity index (χ3n) is 5.16. The lowest BCUT2D eigenvalue weighted by Crippen LogP contribution is -2.29. The Labute approximate surface area is 172 Å². The zero-order chi connectivity index (χ0) is 20.1. The third kappa shape index (κ3) is 4.96. The van der Waals surface area contributed by atoms with Crippen LogP contribution in [0.3, 0.4) is 0 Å². The molecule has 0 bridgehead atoms. The number of piperidine rings is 1. The van der Waals surface area contributed by atoms with E-state index in [9.17, 15) is 0 Å². The second-order valence-corrected chi connectivity index (χ2v) is 7.55. The molecule has 0 spiro atoms. The van der Waals surface area contributed by atoms with Crippen molar-refractivity contribution >= 4 is 34.5 Å². The fourth-order valence-corrected chi connectivity index (χ4v) is 3.52. The summed E-state index contributed by atoms with van der Waals surface area (Å²) < 4.78 is 0. The fraction of sp³-hybridized carbons (Fsp3) is 0.304. The normalized spacial score (nSPS) is 13.8. The Kier molecular flexibility index (Phi) is 5.79. The van der Waals surface area contributed by atoms with Crippen LogP contribution >= 0.6 is 0 Å². The van der Waals surface area contributed by atoms with E-state index in [-0.39, 0.29) is 0 Å². The van der Waals surface area contributed by atoms with Gasteiger partial charge in [-0.3, -0.25) is 0 Å². The van der Waals surface area contributed by atoms with Crippen LogP contribution in [0.4, 0.5) is 34.5 Å². The summed E-state index contributed by atoms with van der Waals surface area (Å²) >= 11 is 0. The molecule has 2 aromatic carbocycles. The minimum atomic E-state index is 0.575. The summed E-state index contributed by atoms with van der Waals surface area (Å²) in [5, 5.41) is 6.63. The highest BCUT2D eigenvalue weighted by molar-refractivity contribution is 5.63. The van der Waals surface area contributed by atoms with Crippen molar-refractivity contribution in [2.75, 3.05) is 47.6 Å². The van der Waals surface area contributed by atoms with Gasteiger partial charge in [0.2, 0.25) is 5.95 Å². The number of nitrogens with one attached hydrogen (secondary N) is 2. The molecule has 6 heteroatoms. The third-order valence-corrected chi connectivity index (χ3v) is 5.16. The van der Waals surface area contributed by atoms with E-state index in [1.165, 1.54) is 24.9 Å². The molecule has 0 radical (unpaired) electrons. The largest absolute Gasteiger partial charge is 0.378 e. The first-order valence-corrected chi connectivity index (χ1v) is 10.2. The van der Waals surface area contributed by atoms with Crippen LogP contribution in [0.1, 0.15) is 19.3 Å². The van der Waals surface area contributed by atoms with Gasteiger partial charge in [-0.1, -0.05) is 0 Å². The van der Waals surface area contributed by atoms with E-state index in [0.717, 1.165) is 36.0 Å². The number of aromatic nitrogens is 2. The Hall–Kier alpha value is -3.28. The second-order valence-electron chi connectivity index (χ2n) is 7.55. The monoisotopic (exact) mass is 388 g/mol. The van der Waals surface area contributed by atoms with E-state index in [1.807, 2.05) is 32.3 Å². The van der Waals surface area contributed by atoms with Crippen LogP contribution in [0.2, 0.25) is 0 Å². The predicted molar refractivity (Wildman–Crippen MR) is 122 cm³/mol. The lowest BCUT2D eigenvalue weighted by Gasteiger charge is -2.28. The molecule has 1 aliphatic heterocycles. The molecule has 1 fully saturated rings. The van der Waals surface area contributed by atoms with Gasteiger partial charge in [-0.05, 0) is 73.9 Å². The summed E-state index contributed by atoms with van der Waals surface area (Å²) in [6.07, 6.45) is 5.67. The van der Waals surface area contributed by atoms with Crippen molar-refractivity contribution in [1.29, 1.82) is 0 Å². The SMILES string of the molecule is CN(C)c1ccc(Nc2ccnc(Nc3ccc(N4CCCCC4)cc3)n2)cc1. The quantitative estimate of drug-likeness (QED) is 0.618. The van der Waals surface area contributed by atoms with Crippen molar-refractivity contribution in [3.63, 3.8) is 0 Å². The first-order chi connectivity index (χ1) is 14.2. The molecule has 3 aromatic rings. The lowest BCUT2D eigenvalue weighted by molar-refractivity contribution is 0.578. The molecule has 0 saturated carbocycles. The molecule has 0 amide bonds. The average Bonchev–Trinajstić information content (AvgIpc) is 2.76. The fourth-order valence-electron chi connectivity index (χ4n) is 3.52. The van der Waals surface area contributed by atoms with Gasteiger partial charge in [-0.2, -0.15) is 4.98 Å². The van der Waals surface area contributed by atoms with Crippen molar-refractivity contribution < 1.29 is 0 Å². The van der Waals surface area contributed by atoms with Gasteiger partial charge in [-0.15, -0.1) is 0 Å². The highest BCUT2D eigenvalue weighted by atomic mass is 15.1. The van der Waals surface area contributed by atoms with E-state index >= 15 is 0 Å². The van der Waals surface area contributed by atoms with Crippen LogP contribution in [-0.2, 0) is 0 Å². The van der Waals surface area contributed by atoms with Crippen LogP contribution in [0, 0.1) is 0 Å². The topological polar surface area (TPSA) is 56.3 Å². The maximum atomic E-state index is 4.58. The van der Waals surface area contributed by atoms with Gasteiger partial charge >= 0.3 is 0 Å². The van der Waals surface area contributed by atoms with Crippen molar-refractivity contribution in [1.82, 2.24) is 9.97 Å². The summed E-state index contributed by atoms with van der Waals surface area (Å²) in [6.45, 7) is 2.30. The van der Waals surface area contributed by atoms with Crippen LogP contribution < -0.4 is 20.4 Å². The maximum absolute atomic E-state index is 4.58. The van der Waals surface area contributed by atoms with E-state index < -0.39 is 0 Å². The minimum absolute atomic E-state index is 0.575. The van der Waals surface area contributed by atoms with E-state index in [2.05, 4.69) is 66.8 Å². The molecule has 0 aliphatic carbocycles. The molecule has 0 unspecified atom stereocenters.